The maximum atomic E-state index is 12.6. The third-order valence-corrected chi connectivity index (χ3v) is 6.15. The summed E-state index contributed by atoms with van der Waals surface area (Å²) in [4.78, 5) is 20.1. The van der Waals surface area contributed by atoms with Gasteiger partial charge in [-0.25, -0.2) is 4.79 Å². The summed E-state index contributed by atoms with van der Waals surface area (Å²) in [5.74, 6) is 0.796. The molecule has 0 saturated carbocycles. The molecule has 5 aromatic rings. The highest BCUT2D eigenvalue weighted by Crippen LogP contribution is 2.26. The van der Waals surface area contributed by atoms with Crippen molar-refractivity contribution >= 4 is 22.6 Å². The van der Waals surface area contributed by atoms with Gasteiger partial charge in [0.2, 0.25) is 0 Å². The van der Waals surface area contributed by atoms with E-state index in [9.17, 15) is 4.79 Å². The van der Waals surface area contributed by atoms with Gasteiger partial charge in [-0.1, -0.05) is 48.0 Å². The van der Waals surface area contributed by atoms with Crippen LogP contribution in [0.15, 0.2) is 89.9 Å². The molecule has 0 aliphatic rings. The fourth-order valence-electron chi connectivity index (χ4n) is 4.00. The zero-order valence-electron chi connectivity index (χ0n) is 19.1. The van der Waals surface area contributed by atoms with Crippen molar-refractivity contribution in [1.29, 1.82) is 0 Å². The first-order valence-corrected chi connectivity index (χ1v) is 11.9. The molecule has 0 aliphatic heterocycles. The second-order valence-corrected chi connectivity index (χ2v) is 8.79. The van der Waals surface area contributed by atoms with Crippen LogP contribution in [0.4, 0.5) is 0 Å². The second-order valence-electron chi connectivity index (χ2n) is 8.36. The number of nitrogens with two attached hydrogens (primary N) is 1. The SMILES string of the molecule is NCc1ccc(-n2cc3cc(-c4cccc(OCCCc5ccc(Cl)cc5)c4)[nH]c3nc2=O)cc1. The Hall–Kier alpha value is -3.87. The summed E-state index contributed by atoms with van der Waals surface area (Å²) in [6, 6.07) is 25.4. The van der Waals surface area contributed by atoms with E-state index in [2.05, 4.69) is 9.97 Å². The van der Waals surface area contributed by atoms with Crippen LogP contribution in [-0.2, 0) is 13.0 Å². The molecule has 176 valence electrons. The zero-order chi connectivity index (χ0) is 24.2. The lowest BCUT2D eigenvalue weighted by atomic mass is 10.1. The van der Waals surface area contributed by atoms with Crippen LogP contribution in [0.5, 0.6) is 5.75 Å². The topological polar surface area (TPSA) is 85.9 Å². The fourth-order valence-corrected chi connectivity index (χ4v) is 4.12. The number of hydrogen-bond donors (Lipinski definition) is 2. The summed E-state index contributed by atoms with van der Waals surface area (Å²) in [7, 11) is 0. The van der Waals surface area contributed by atoms with Crippen molar-refractivity contribution in [3.05, 3.63) is 112 Å². The van der Waals surface area contributed by atoms with Gasteiger partial charge in [-0.2, -0.15) is 4.98 Å². The molecule has 0 fully saturated rings. The molecule has 0 radical (unpaired) electrons. The molecular formula is C28H25ClN4O2. The van der Waals surface area contributed by atoms with Crippen LogP contribution in [0, 0.1) is 0 Å². The molecule has 3 N–H and O–H groups in total. The highest BCUT2D eigenvalue weighted by molar-refractivity contribution is 6.30. The largest absolute Gasteiger partial charge is 0.494 e. The van der Waals surface area contributed by atoms with E-state index >= 15 is 0 Å². The minimum atomic E-state index is -0.343. The number of halogens is 1. The lowest BCUT2D eigenvalue weighted by molar-refractivity contribution is 0.311. The van der Waals surface area contributed by atoms with Crippen LogP contribution < -0.4 is 16.2 Å². The molecule has 0 atom stereocenters. The Kier molecular flexibility index (Phi) is 6.66. The Morgan fingerprint density at radius 2 is 1.74 bits per heavy atom. The number of aromatic amines is 1. The van der Waals surface area contributed by atoms with Crippen molar-refractivity contribution in [1.82, 2.24) is 14.5 Å². The van der Waals surface area contributed by atoms with E-state index < -0.39 is 0 Å². The van der Waals surface area contributed by atoms with Crippen LogP contribution in [0.25, 0.3) is 28.0 Å². The first kappa shape index (κ1) is 22.9. The highest BCUT2D eigenvalue weighted by atomic mass is 35.5. The van der Waals surface area contributed by atoms with E-state index in [0.29, 0.717) is 18.8 Å². The van der Waals surface area contributed by atoms with Gasteiger partial charge in [0.1, 0.15) is 11.4 Å². The Bertz CT molecular complexity index is 1510. The summed E-state index contributed by atoms with van der Waals surface area (Å²) >= 11 is 5.95. The minimum absolute atomic E-state index is 0.343. The van der Waals surface area contributed by atoms with Crippen molar-refractivity contribution in [3.8, 4) is 22.7 Å². The number of nitrogens with one attached hydrogen (secondary N) is 1. The summed E-state index contributed by atoms with van der Waals surface area (Å²) in [5, 5.41) is 1.59. The van der Waals surface area contributed by atoms with Crippen molar-refractivity contribution in [3.63, 3.8) is 0 Å². The Labute approximate surface area is 208 Å². The third kappa shape index (κ3) is 5.29. The summed E-state index contributed by atoms with van der Waals surface area (Å²) < 4.78 is 7.53. The van der Waals surface area contributed by atoms with Gasteiger partial charge >= 0.3 is 5.69 Å². The Morgan fingerprint density at radius 3 is 2.51 bits per heavy atom. The number of rotatable bonds is 8. The lowest BCUT2D eigenvalue weighted by Gasteiger charge is -2.08. The number of fused-ring (bicyclic) bond motifs is 1. The molecule has 2 heterocycles. The molecule has 2 aromatic heterocycles. The molecular weight excluding hydrogens is 460 g/mol. The lowest BCUT2D eigenvalue weighted by Crippen LogP contribution is -2.20. The fraction of sp³-hybridized carbons (Fsp3) is 0.143. The van der Waals surface area contributed by atoms with Crippen LogP contribution in [0.1, 0.15) is 17.5 Å². The summed E-state index contributed by atoms with van der Waals surface area (Å²) in [6.45, 7) is 1.07. The van der Waals surface area contributed by atoms with Gasteiger partial charge in [-0.3, -0.25) is 4.57 Å². The average Bonchev–Trinajstić information content (AvgIpc) is 3.30. The maximum Gasteiger partial charge on any atom is 0.354 e. The number of nitrogens with zero attached hydrogens (tertiary/aromatic N) is 2. The standard InChI is InChI=1S/C28H25ClN4O2/c29-23-10-6-19(7-11-23)3-2-14-35-25-5-1-4-21(15-25)26-16-22-18-33(28(34)32-27(22)31-26)24-12-8-20(17-30)9-13-24/h1,4-13,15-16,18H,2-3,14,17,30H2,(H,31,32,34). The van der Waals surface area contributed by atoms with Gasteiger partial charge in [-0.15, -0.1) is 0 Å². The number of ether oxygens (including phenoxy) is 1. The van der Waals surface area contributed by atoms with Crippen molar-refractivity contribution in [2.24, 2.45) is 5.73 Å². The smallest absolute Gasteiger partial charge is 0.354 e. The molecule has 6 nitrogen and oxygen atoms in total. The van der Waals surface area contributed by atoms with Crippen molar-refractivity contribution < 1.29 is 4.74 Å². The van der Waals surface area contributed by atoms with E-state index in [1.807, 2.05) is 78.9 Å². The number of aryl methyl sites for hydroxylation is 1. The quantitative estimate of drug-likeness (QED) is 0.284. The molecule has 3 aromatic carbocycles. The minimum Gasteiger partial charge on any atom is -0.494 e. The molecule has 0 aliphatic carbocycles. The van der Waals surface area contributed by atoms with Gasteiger partial charge in [0.15, 0.2) is 0 Å². The van der Waals surface area contributed by atoms with E-state index in [-0.39, 0.29) is 5.69 Å². The van der Waals surface area contributed by atoms with Crippen LogP contribution >= 0.6 is 11.6 Å². The molecule has 7 heteroatoms. The summed E-state index contributed by atoms with van der Waals surface area (Å²) in [5.41, 5.74) is 10.7. The monoisotopic (exact) mass is 484 g/mol. The number of benzene rings is 3. The predicted molar refractivity (Wildman–Crippen MR) is 140 cm³/mol. The van der Waals surface area contributed by atoms with Gasteiger partial charge in [0.05, 0.1) is 12.3 Å². The van der Waals surface area contributed by atoms with Gasteiger partial charge in [-0.05, 0) is 66.4 Å². The van der Waals surface area contributed by atoms with E-state index in [1.54, 1.807) is 10.8 Å². The zero-order valence-corrected chi connectivity index (χ0v) is 19.8. The highest BCUT2D eigenvalue weighted by Gasteiger charge is 2.10. The van der Waals surface area contributed by atoms with E-state index in [0.717, 1.165) is 51.5 Å². The maximum absolute atomic E-state index is 12.6. The number of hydrogen-bond acceptors (Lipinski definition) is 4. The first-order chi connectivity index (χ1) is 17.1. The van der Waals surface area contributed by atoms with Gasteiger partial charge in [0, 0.05) is 34.4 Å². The van der Waals surface area contributed by atoms with Crippen molar-refractivity contribution in [2.45, 2.75) is 19.4 Å². The van der Waals surface area contributed by atoms with Crippen molar-refractivity contribution in [2.75, 3.05) is 6.61 Å². The number of aromatic nitrogens is 3. The molecule has 35 heavy (non-hydrogen) atoms. The molecule has 0 bridgehead atoms. The van der Waals surface area contributed by atoms with E-state index in [1.165, 1.54) is 5.56 Å². The molecule has 0 unspecified atom stereocenters. The van der Waals surface area contributed by atoms with Crippen LogP contribution in [-0.4, -0.2) is 21.1 Å². The summed E-state index contributed by atoms with van der Waals surface area (Å²) in [6.07, 6.45) is 3.64. The number of H-pyrrole nitrogens is 1. The second kappa shape index (κ2) is 10.2. The van der Waals surface area contributed by atoms with Crippen LogP contribution in [0.2, 0.25) is 5.02 Å². The van der Waals surface area contributed by atoms with Crippen LogP contribution in [0.3, 0.4) is 0 Å². The van der Waals surface area contributed by atoms with Gasteiger partial charge < -0.3 is 15.5 Å². The van der Waals surface area contributed by atoms with E-state index in [4.69, 9.17) is 22.1 Å². The van der Waals surface area contributed by atoms with Gasteiger partial charge in [0.25, 0.3) is 0 Å². The third-order valence-electron chi connectivity index (χ3n) is 5.90. The Morgan fingerprint density at radius 1 is 0.971 bits per heavy atom. The molecule has 0 spiro atoms. The molecule has 0 amide bonds. The Balaban J connectivity index is 1.31. The first-order valence-electron chi connectivity index (χ1n) is 11.5. The predicted octanol–water partition coefficient (Wildman–Crippen LogP) is 5.50. The normalized spacial score (nSPS) is 11.1. The molecule has 5 rings (SSSR count). The average molecular weight is 485 g/mol. The molecule has 0 saturated heterocycles.